The van der Waals surface area contributed by atoms with E-state index in [2.05, 4.69) is 4.98 Å². The molecule has 1 rings (SSSR count). The lowest BCUT2D eigenvalue weighted by Crippen LogP contribution is -2.16. The fourth-order valence-electron chi connectivity index (χ4n) is 0.680. The number of carbonyl (C=O) groups excluding carboxylic acids is 1. The number of nitrogens with zero attached hydrogens (tertiary/aromatic N) is 1. The summed E-state index contributed by atoms with van der Waals surface area (Å²) in [4.78, 5) is 14.9. The third-order valence-electron chi connectivity index (χ3n) is 1.44. The zero-order valence-corrected chi connectivity index (χ0v) is 8.48. The number of thiazole rings is 1. The minimum absolute atomic E-state index is 0.00171. The Balaban J connectivity index is 3.14. The van der Waals surface area contributed by atoms with Gasteiger partial charge in [0.1, 0.15) is 10.7 Å². The molecule has 1 heterocycles. The molecule has 13 heavy (non-hydrogen) atoms. The number of aromatic nitrogens is 1. The van der Waals surface area contributed by atoms with Crippen LogP contribution in [-0.4, -0.2) is 24.3 Å². The van der Waals surface area contributed by atoms with Crippen LogP contribution in [0.3, 0.4) is 0 Å². The van der Waals surface area contributed by atoms with Gasteiger partial charge in [-0.25, -0.2) is 13.4 Å². The van der Waals surface area contributed by atoms with E-state index in [0.717, 1.165) is 11.3 Å². The van der Waals surface area contributed by atoms with E-state index in [1.165, 1.54) is 12.4 Å². The van der Waals surface area contributed by atoms with E-state index in [4.69, 9.17) is 5.73 Å². The first-order valence-electron chi connectivity index (χ1n) is 3.45. The van der Waals surface area contributed by atoms with Gasteiger partial charge in [-0.15, -0.1) is 11.3 Å². The summed E-state index contributed by atoms with van der Waals surface area (Å²) in [7, 11) is -3.69. The highest BCUT2D eigenvalue weighted by atomic mass is 32.2. The van der Waals surface area contributed by atoms with Gasteiger partial charge >= 0.3 is 0 Å². The number of hydrogen-bond acceptors (Lipinski definition) is 6. The molecule has 72 valence electrons. The van der Waals surface area contributed by atoms with E-state index in [9.17, 15) is 13.2 Å². The maximum Gasteiger partial charge on any atom is 0.290 e. The van der Waals surface area contributed by atoms with Crippen LogP contribution in [0.15, 0.2) is 5.51 Å². The molecule has 2 N–H and O–H groups in total. The first-order chi connectivity index (χ1) is 5.99. The van der Waals surface area contributed by atoms with Crippen molar-refractivity contribution in [2.24, 2.45) is 0 Å². The minimum atomic E-state index is -3.69. The molecule has 0 aliphatic carbocycles. The van der Waals surface area contributed by atoms with E-state index in [0.29, 0.717) is 0 Å². The SMILES string of the molecule is CCS(=O)(=O)C(=O)c1scnc1N. The summed E-state index contributed by atoms with van der Waals surface area (Å²) in [6.07, 6.45) is 0. The van der Waals surface area contributed by atoms with Gasteiger partial charge in [0.2, 0.25) is 9.84 Å². The number of rotatable bonds is 2. The normalized spacial score (nSPS) is 11.5. The first-order valence-corrected chi connectivity index (χ1v) is 5.98. The molecule has 0 saturated heterocycles. The summed E-state index contributed by atoms with van der Waals surface area (Å²) in [6.45, 7) is 1.41. The van der Waals surface area contributed by atoms with Gasteiger partial charge in [-0.05, 0) is 0 Å². The molecule has 0 bridgehead atoms. The topological polar surface area (TPSA) is 90.1 Å². The van der Waals surface area contributed by atoms with Crippen molar-refractivity contribution in [3.8, 4) is 0 Å². The Bertz CT molecular complexity index is 421. The number of hydrogen-bond donors (Lipinski definition) is 1. The standard InChI is InChI=1S/C6H8N2O3S2/c1-2-13(10,11)6(9)4-5(7)8-3-12-4/h3H,2,7H2,1H3. The second-order valence-electron chi connectivity index (χ2n) is 2.26. The van der Waals surface area contributed by atoms with Gasteiger partial charge in [0.25, 0.3) is 5.12 Å². The Morgan fingerprint density at radius 1 is 1.69 bits per heavy atom. The maximum atomic E-state index is 11.3. The Labute approximate surface area is 79.5 Å². The van der Waals surface area contributed by atoms with Crippen LogP contribution in [0.4, 0.5) is 5.82 Å². The number of anilines is 1. The molecule has 0 saturated carbocycles. The number of sulfone groups is 1. The van der Waals surface area contributed by atoms with Crippen LogP contribution >= 0.6 is 11.3 Å². The van der Waals surface area contributed by atoms with Crippen LogP contribution in [0.2, 0.25) is 0 Å². The van der Waals surface area contributed by atoms with Crippen molar-refractivity contribution in [3.63, 3.8) is 0 Å². The predicted octanol–water partition coefficient (Wildman–Crippen LogP) is 0.300. The second kappa shape index (κ2) is 3.43. The van der Waals surface area contributed by atoms with Crippen molar-refractivity contribution in [1.29, 1.82) is 0 Å². The Kier molecular flexibility index (Phi) is 2.67. The summed E-state index contributed by atoms with van der Waals surface area (Å²) < 4.78 is 22.2. The van der Waals surface area contributed by atoms with Crippen molar-refractivity contribution >= 4 is 32.1 Å². The summed E-state index contributed by atoms with van der Waals surface area (Å²) in [6, 6.07) is 0. The van der Waals surface area contributed by atoms with Crippen molar-refractivity contribution in [3.05, 3.63) is 10.4 Å². The van der Waals surface area contributed by atoms with Crippen LogP contribution in [0.25, 0.3) is 0 Å². The molecule has 0 atom stereocenters. The summed E-state index contributed by atoms with van der Waals surface area (Å²) in [5, 5.41) is -0.935. The van der Waals surface area contributed by atoms with Gasteiger partial charge in [-0.3, -0.25) is 4.79 Å². The largest absolute Gasteiger partial charge is 0.382 e. The highest BCUT2D eigenvalue weighted by molar-refractivity contribution is 8.06. The highest BCUT2D eigenvalue weighted by Crippen LogP contribution is 2.18. The summed E-state index contributed by atoms with van der Waals surface area (Å²) in [5.74, 6) is -0.240. The first kappa shape index (κ1) is 10.1. The molecule has 0 aliphatic rings. The number of nitrogens with two attached hydrogens (primary N) is 1. The van der Waals surface area contributed by atoms with Gasteiger partial charge in [0.05, 0.1) is 11.3 Å². The van der Waals surface area contributed by atoms with E-state index < -0.39 is 15.0 Å². The van der Waals surface area contributed by atoms with Crippen LogP contribution in [0, 0.1) is 0 Å². The molecule has 0 unspecified atom stereocenters. The fraction of sp³-hybridized carbons (Fsp3) is 0.333. The van der Waals surface area contributed by atoms with E-state index >= 15 is 0 Å². The zero-order chi connectivity index (χ0) is 10.1. The number of nitrogen functional groups attached to an aromatic ring is 1. The van der Waals surface area contributed by atoms with Crippen LogP contribution < -0.4 is 5.73 Å². The maximum absolute atomic E-state index is 11.3. The van der Waals surface area contributed by atoms with E-state index in [1.807, 2.05) is 0 Å². The predicted molar refractivity (Wildman–Crippen MR) is 50.3 cm³/mol. The third-order valence-corrected chi connectivity index (χ3v) is 3.94. The molecular formula is C6H8N2O3S2. The zero-order valence-electron chi connectivity index (χ0n) is 6.85. The van der Waals surface area contributed by atoms with Gasteiger partial charge in [0, 0.05) is 0 Å². The van der Waals surface area contributed by atoms with Crippen molar-refractivity contribution in [2.45, 2.75) is 6.92 Å². The molecule has 0 fully saturated rings. The summed E-state index contributed by atoms with van der Waals surface area (Å²) in [5.41, 5.74) is 6.65. The van der Waals surface area contributed by atoms with Crippen LogP contribution in [0.5, 0.6) is 0 Å². The molecule has 0 radical (unpaired) electrons. The van der Waals surface area contributed by atoms with Gasteiger partial charge < -0.3 is 5.73 Å². The number of carbonyl (C=O) groups is 1. The van der Waals surface area contributed by atoms with Crippen molar-refractivity contribution in [2.75, 3.05) is 11.5 Å². The van der Waals surface area contributed by atoms with Gasteiger partial charge in [0.15, 0.2) is 0 Å². The lowest BCUT2D eigenvalue weighted by molar-refractivity contribution is 0.108. The Morgan fingerprint density at radius 2 is 2.31 bits per heavy atom. The molecule has 1 aromatic rings. The van der Waals surface area contributed by atoms with E-state index in [-0.39, 0.29) is 16.4 Å². The lowest BCUT2D eigenvalue weighted by Gasteiger charge is -1.96. The molecule has 0 spiro atoms. The Hall–Kier alpha value is -0.950. The van der Waals surface area contributed by atoms with Crippen LogP contribution in [-0.2, 0) is 9.84 Å². The monoisotopic (exact) mass is 220 g/mol. The molecule has 0 aromatic carbocycles. The fourth-order valence-corrected chi connectivity index (χ4v) is 2.40. The Morgan fingerprint density at radius 3 is 2.69 bits per heavy atom. The van der Waals surface area contributed by atoms with Crippen LogP contribution in [0.1, 0.15) is 16.6 Å². The summed E-state index contributed by atoms with van der Waals surface area (Å²) >= 11 is 0.935. The average molecular weight is 220 g/mol. The quantitative estimate of drug-likeness (QED) is 0.774. The third kappa shape index (κ3) is 1.86. The molecule has 7 heteroatoms. The minimum Gasteiger partial charge on any atom is -0.382 e. The second-order valence-corrected chi connectivity index (χ2v) is 5.29. The molecule has 5 nitrogen and oxygen atoms in total. The molecule has 1 aromatic heterocycles. The van der Waals surface area contributed by atoms with E-state index in [1.54, 1.807) is 0 Å². The lowest BCUT2D eigenvalue weighted by atomic mass is 10.5. The molecular weight excluding hydrogens is 212 g/mol. The smallest absolute Gasteiger partial charge is 0.290 e. The van der Waals surface area contributed by atoms with Gasteiger partial charge in [-0.1, -0.05) is 6.92 Å². The highest BCUT2D eigenvalue weighted by Gasteiger charge is 2.25. The molecule has 0 amide bonds. The van der Waals surface area contributed by atoms with Crippen molar-refractivity contribution in [1.82, 2.24) is 4.98 Å². The average Bonchev–Trinajstić information content (AvgIpc) is 2.50. The molecule has 0 aliphatic heterocycles. The van der Waals surface area contributed by atoms with Gasteiger partial charge in [-0.2, -0.15) is 0 Å². The van der Waals surface area contributed by atoms with Crippen molar-refractivity contribution < 1.29 is 13.2 Å².